The zero-order chi connectivity index (χ0) is 16.2. The summed E-state index contributed by atoms with van der Waals surface area (Å²) in [6.07, 6.45) is 2.72. The maximum Gasteiger partial charge on any atom is 0.236 e. The van der Waals surface area contributed by atoms with Gasteiger partial charge in [0.05, 0.1) is 19.8 Å². The summed E-state index contributed by atoms with van der Waals surface area (Å²) in [7, 11) is 0. The summed E-state index contributed by atoms with van der Waals surface area (Å²) in [5.41, 5.74) is 5.91. The third-order valence-corrected chi connectivity index (χ3v) is 5.23. The Labute approximate surface area is 162 Å². The molecule has 0 aromatic rings. The summed E-state index contributed by atoms with van der Waals surface area (Å²) < 4.78 is 5.28. The Balaban J connectivity index is 0.00000156. The number of rotatable bonds is 3. The average molecular weight is 397 g/mol. The van der Waals surface area contributed by atoms with Gasteiger partial charge in [-0.25, -0.2) is 0 Å². The average Bonchev–Trinajstić information content (AvgIpc) is 3.02. The zero-order valence-corrected chi connectivity index (χ0v) is 16.2. The molecule has 0 bridgehead atoms. The van der Waals surface area contributed by atoms with E-state index in [1.165, 1.54) is 0 Å². The molecule has 0 aromatic heterocycles. The van der Waals surface area contributed by atoms with Gasteiger partial charge in [0, 0.05) is 51.2 Å². The molecule has 3 aliphatic rings. The summed E-state index contributed by atoms with van der Waals surface area (Å²) in [6, 6.07) is 0.191. The van der Waals surface area contributed by atoms with Crippen LogP contribution in [0.2, 0.25) is 0 Å². The van der Waals surface area contributed by atoms with Crippen LogP contribution in [0.5, 0.6) is 0 Å². The fourth-order valence-electron chi connectivity index (χ4n) is 3.73. The molecule has 9 heteroatoms. The normalized spacial score (nSPS) is 27.4. The lowest BCUT2D eigenvalue weighted by atomic mass is 10.1. The molecule has 0 radical (unpaired) electrons. The van der Waals surface area contributed by atoms with E-state index in [0.29, 0.717) is 32.8 Å². The van der Waals surface area contributed by atoms with Crippen molar-refractivity contribution in [3.63, 3.8) is 0 Å². The largest absolute Gasteiger partial charge is 0.378 e. The van der Waals surface area contributed by atoms with Crippen LogP contribution in [0.15, 0.2) is 0 Å². The smallest absolute Gasteiger partial charge is 0.236 e. The van der Waals surface area contributed by atoms with E-state index in [1.54, 1.807) is 0 Å². The first-order chi connectivity index (χ1) is 11.1. The standard InChI is InChI=1S/C16H28N4O3.2ClH/c17-14-2-1-13(11-14)16(22)20-5-3-18(4-6-20)12-15(21)19-7-9-23-10-8-19;;/h13-14H,1-12,17H2;2*1H. The number of amides is 2. The van der Waals surface area contributed by atoms with Crippen molar-refractivity contribution in [3.8, 4) is 0 Å². The van der Waals surface area contributed by atoms with Crippen molar-refractivity contribution in [1.29, 1.82) is 0 Å². The lowest BCUT2D eigenvalue weighted by Gasteiger charge is -2.37. The predicted molar refractivity (Wildman–Crippen MR) is 100 cm³/mol. The molecule has 2 saturated heterocycles. The first-order valence-corrected chi connectivity index (χ1v) is 8.75. The topological polar surface area (TPSA) is 79.1 Å². The predicted octanol–water partition coefficient (Wildman–Crippen LogP) is -0.0396. The van der Waals surface area contributed by atoms with E-state index in [2.05, 4.69) is 4.90 Å². The maximum absolute atomic E-state index is 12.5. The van der Waals surface area contributed by atoms with Gasteiger partial charge in [-0.1, -0.05) is 0 Å². The Bertz CT molecular complexity index is 441. The van der Waals surface area contributed by atoms with Crippen LogP contribution in [-0.4, -0.2) is 91.6 Å². The summed E-state index contributed by atoms with van der Waals surface area (Å²) >= 11 is 0. The number of hydrogen-bond acceptors (Lipinski definition) is 5. The van der Waals surface area contributed by atoms with E-state index in [-0.39, 0.29) is 48.6 Å². The Morgan fingerprint density at radius 3 is 2.12 bits per heavy atom. The molecule has 0 aromatic carbocycles. The molecule has 3 rings (SSSR count). The number of hydrogen-bond donors (Lipinski definition) is 1. The fraction of sp³-hybridized carbons (Fsp3) is 0.875. The van der Waals surface area contributed by atoms with E-state index in [1.807, 2.05) is 9.80 Å². The molecule has 146 valence electrons. The number of halogens is 2. The van der Waals surface area contributed by atoms with Crippen LogP contribution in [0.3, 0.4) is 0 Å². The second-order valence-electron chi connectivity index (χ2n) is 6.86. The summed E-state index contributed by atoms with van der Waals surface area (Å²) in [5, 5.41) is 0. The second-order valence-corrected chi connectivity index (χ2v) is 6.86. The van der Waals surface area contributed by atoms with Gasteiger partial charge in [-0.05, 0) is 19.3 Å². The number of nitrogens with two attached hydrogens (primary N) is 1. The molecule has 2 amide bonds. The number of carbonyl (C=O) groups is 2. The van der Waals surface area contributed by atoms with Crippen LogP contribution < -0.4 is 5.73 Å². The highest BCUT2D eigenvalue weighted by molar-refractivity contribution is 5.85. The third-order valence-electron chi connectivity index (χ3n) is 5.23. The first-order valence-electron chi connectivity index (χ1n) is 8.75. The Hall–Kier alpha value is -0.600. The third kappa shape index (κ3) is 5.96. The molecule has 0 spiro atoms. The van der Waals surface area contributed by atoms with E-state index < -0.39 is 0 Å². The monoisotopic (exact) mass is 396 g/mol. The van der Waals surface area contributed by atoms with Crippen molar-refractivity contribution in [3.05, 3.63) is 0 Å². The highest BCUT2D eigenvalue weighted by atomic mass is 35.5. The van der Waals surface area contributed by atoms with Gasteiger partial charge in [0.25, 0.3) is 0 Å². The molecule has 2 aliphatic heterocycles. The fourth-order valence-corrected chi connectivity index (χ4v) is 3.73. The molecular formula is C16H30Cl2N4O3. The number of piperazine rings is 1. The van der Waals surface area contributed by atoms with Gasteiger partial charge < -0.3 is 20.3 Å². The van der Waals surface area contributed by atoms with Crippen molar-refractivity contribution in [2.45, 2.75) is 25.3 Å². The Kier molecular flexibility index (Phi) is 9.45. The van der Waals surface area contributed by atoms with E-state index >= 15 is 0 Å². The minimum absolute atomic E-state index is 0. The van der Waals surface area contributed by atoms with E-state index in [0.717, 1.165) is 45.4 Å². The van der Waals surface area contributed by atoms with Crippen LogP contribution in [0, 0.1) is 5.92 Å². The number of morpholine rings is 1. The Morgan fingerprint density at radius 2 is 1.56 bits per heavy atom. The van der Waals surface area contributed by atoms with Gasteiger partial charge in [0.2, 0.25) is 11.8 Å². The maximum atomic E-state index is 12.5. The molecule has 2 atom stereocenters. The van der Waals surface area contributed by atoms with Crippen LogP contribution >= 0.6 is 24.8 Å². The van der Waals surface area contributed by atoms with Crippen LogP contribution in [0.25, 0.3) is 0 Å². The molecule has 2 heterocycles. The highest BCUT2D eigenvalue weighted by Crippen LogP contribution is 2.26. The molecule has 7 nitrogen and oxygen atoms in total. The highest BCUT2D eigenvalue weighted by Gasteiger charge is 2.32. The van der Waals surface area contributed by atoms with Gasteiger partial charge in [0.15, 0.2) is 0 Å². The lowest BCUT2D eigenvalue weighted by Crippen LogP contribution is -2.53. The van der Waals surface area contributed by atoms with Crippen molar-refractivity contribution in [2.24, 2.45) is 11.7 Å². The summed E-state index contributed by atoms with van der Waals surface area (Å²) in [6.45, 7) is 6.12. The SMILES string of the molecule is Cl.Cl.NC1CCC(C(=O)N2CCN(CC(=O)N3CCOCC3)CC2)C1. The molecular weight excluding hydrogens is 367 g/mol. The quantitative estimate of drug-likeness (QED) is 0.723. The van der Waals surface area contributed by atoms with Crippen LogP contribution in [0.4, 0.5) is 0 Å². The second kappa shape index (κ2) is 10.5. The van der Waals surface area contributed by atoms with Crippen LogP contribution in [0.1, 0.15) is 19.3 Å². The lowest BCUT2D eigenvalue weighted by molar-refractivity contribution is -0.139. The number of nitrogens with zero attached hydrogens (tertiary/aromatic N) is 3. The van der Waals surface area contributed by atoms with Crippen molar-refractivity contribution in [2.75, 3.05) is 59.0 Å². The number of carbonyl (C=O) groups excluding carboxylic acids is 2. The molecule has 2 unspecified atom stereocenters. The van der Waals surface area contributed by atoms with Crippen LogP contribution in [-0.2, 0) is 14.3 Å². The van der Waals surface area contributed by atoms with Gasteiger partial charge in [-0.2, -0.15) is 0 Å². The molecule has 2 N–H and O–H groups in total. The summed E-state index contributed by atoms with van der Waals surface area (Å²) in [4.78, 5) is 30.7. The summed E-state index contributed by atoms with van der Waals surface area (Å²) in [5.74, 6) is 0.554. The van der Waals surface area contributed by atoms with Gasteiger partial charge in [-0.15, -0.1) is 24.8 Å². The van der Waals surface area contributed by atoms with Gasteiger partial charge in [-0.3, -0.25) is 14.5 Å². The molecule has 3 fully saturated rings. The molecule has 25 heavy (non-hydrogen) atoms. The van der Waals surface area contributed by atoms with E-state index in [4.69, 9.17) is 10.5 Å². The van der Waals surface area contributed by atoms with Crippen molar-refractivity contribution < 1.29 is 14.3 Å². The minimum Gasteiger partial charge on any atom is -0.378 e. The van der Waals surface area contributed by atoms with E-state index in [9.17, 15) is 9.59 Å². The zero-order valence-electron chi connectivity index (χ0n) is 14.6. The Morgan fingerprint density at radius 1 is 0.920 bits per heavy atom. The molecule has 1 saturated carbocycles. The minimum atomic E-state index is 0. The van der Waals surface area contributed by atoms with Gasteiger partial charge >= 0.3 is 0 Å². The van der Waals surface area contributed by atoms with Crippen molar-refractivity contribution in [1.82, 2.24) is 14.7 Å². The molecule has 1 aliphatic carbocycles. The number of ether oxygens (including phenoxy) is 1. The van der Waals surface area contributed by atoms with Crippen molar-refractivity contribution >= 4 is 36.6 Å². The first kappa shape index (κ1) is 22.4. The van der Waals surface area contributed by atoms with Gasteiger partial charge in [0.1, 0.15) is 0 Å².